The molecule has 21 heavy (non-hydrogen) atoms. The van der Waals surface area contributed by atoms with Crippen LogP contribution in [0.15, 0.2) is 36.4 Å². The van der Waals surface area contributed by atoms with Crippen LogP contribution in [0.3, 0.4) is 0 Å². The first-order valence-corrected chi connectivity index (χ1v) is 7.80. The number of anilines is 1. The third kappa shape index (κ3) is 3.48. The zero-order chi connectivity index (χ0) is 15.3. The predicted molar refractivity (Wildman–Crippen MR) is 90.6 cm³/mol. The fraction of sp³-hybridized carbons (Fsp3) is 0.444. The van der Waals surface area contributed by atoms with Crippen LogP contribution in [-0.2, 0) is 0 Å². The SMILES string of the molecule is CCCC(C)(CCC)Nc1c(ON)ccc2ccccc12. The Hall–Kier alpha value is -1.74. The van der Waals surface area contributed by atoms with Gasteiger partial charge in [0.15, 0.2) is 5.75 Å². The summed E-state index contributed by atoms with van der Waals surface area (Å²) in [5, 5.41) is 6.06. The molecule has 2 rings (SSSR count). The molecule has 3 nitrogen and oxygen atoms in total. The molecule has 0 aliphatic rings. The smallest absolute Gasteiger partial charge is 0.170 e. The fourth-order valence-electron chi connectivity index (χ4n) is 3.13. The van der Waals surface area contributed by atoms with Gasteiger partial charge < -0.3 is 10.2 Å². The van der Waals surface area contributed by atoms with Crippen molar-refractivity contribution in [1.29, 1.82) is 0 Å². The van der Waals surface area contributed by atoms with E-state index >= 15 is 0 Å². The van der Waals surface area contributed by atoms with E-state index in [4.69, 9.17) is 10.7 Å². The molecule has 0 radical (unpaired) electrons. The zero-order valence-electron chi connectivity index (χ0n) is 13.3. The van der Waals surface area contributed by atoms with E-state index in [0.29, 0.717) is 5.75 Å². The topological polar surface area (TPSA) is 47.3 Å². The third-order valence-electron chi connectivity index (χ3n) is 4.05. The number of nitrogens with two attached hydrogens (primary N) is 1. The lowest BCUT2D eigenvalue weighted by atomic mass is 9.90. The summed E-state index contributed by atoms with van der Waals surface area (Å²) in [7, 11) is 0. The first kappa shape index (κ1) is 15.6. The number of hydrogen-bond donors (Lipinski definition) is 2. The molecule has 0 fully saturated rings. The van der Waals surface area contributed by atoms with E-state index in [1.165, 1.54) is 5.39 Å². The molecule has 2 aromatic carbocycles. The second-order valence-corrected chi connectivity index (χ2v) is 5.96. The highest BCUT2D eigenvalue weighted by molar-refractivity contribution is 5.97. The Morgan fingerprint density at radius 1 is 1.05 bits per heavy atom. The van der Waals surface area contributed by atoms with E-state index in [9.17, 15) is 0 Å². The second-order valence-electron chi connectivity index (χ2n) is 5.96. The number of nitrogens with one attached hydrogen (secondary N) is 1. The summed E-state index contributed by atoms with van der Waals surface area (Å²) in [4.78, 5) is 5.09. The summed E-state index contributed by atoms with van der Waals surface area (Å²) in [6, 6.07) is 12.3. The van der Waals surface area contributed by atoms with Crippen LogP contribution in [-0.4, -0.2) is 5.54 Å². The molecule has 0 unspecified atom stereocenters. The van der Waals surface area contributed by atoms with Crippen molar-refractivity contribution in [3.8, 4) is 5.75 Å². The molecule has 114 valence electrons. The van der Waals surface area contributed by atoms with Gasteiger partial charge in [-0.25, -0.2) is 0 Å². The van der Waals surface area contributed by atoms with Gasteiger partial charge in [0.1, 0.15) is 0 Å². The van der Waals surface area contributed by atoms with E-state index in [-0.39, 0.29) is 5.54 Å². The number of fused-ring (bicyclic) bond motifs is 1. The average molecular weight is 286 g/mol. The Bertz CT molecular complexity index is 589. The predicted octanol–water partition coefficient (Wildman–Crippen LogP) is 4.86. The quantitative estimate of drug-likeness (QED) is 0.714. The Labute approximate surface area is 127 Å². The van der Waals surface area contributed by atoms with Gasteiger partial charge in [0.25, 0.3) is 0 Å². The van der Waals surface area contributed by atoms with Gasteiger partial charge in [-0.3, -0.25) is 0 Å². The molecule has 0 amide bonds. The highest BCUT2D eigenvalue weighted by Gasteiger charge is 2.24. The van der Waals surface area contributed by atoms with E-state index < -0.39 is 0 Å². The molecular formula is C18H26N2O. The number of hydrogen-bond acceptors (Lipinski definition) is 3. The van der Waals surface area contributed by atoms with Gasteiger partial charge in [-0.05, 0) is 31.2 Å². The van der Waals surface area contributed by atoms with Gasteiger partial charge in [-0.1, -0.05) is 57.0 Å². The van der Waals surface area contributed by atoms with Crippen molar-refractivity contribution in [2.75, 3.05) is 5.32 Å². The third-order valence-corrected chi connectivity index (χ3v) is 4.05. The number of benzene rings is 2. The van der Waals surface area contributed by atoms with Crippen molar-refractivity contribution in [3.63, 3.8) is 0 Å². The molecule has 0 saturated heterocycles. The first-order valence-electron chi connectivity index (χ1n) is 7.80. The summed E-state index contributed by atoms with van der Waals surface area (Å²) in [5.74, 6) is 6.17. The normalized spacial score (nSPS) is 11.6. The maximum Gasteiger partial charge on any atom is 0.170 e. The monoisotopic (exact) mass is 286 g/mol. The Balaban J connectivity index is 2.48. The molecule has 0 spiro atoms. The van der Waals surface area contributed by atoms with Crippen LogP contribution in [0.2, 0.25) is 0 Å². The van der Waals surface area contributed by atoms with Crippen LogP contribution < -0.4 is 16.1 Å². The van der Waals surface area contributed by atoms with Crippen LogP contribution in [0.4, 0.5) is 5.69 Å². The maximum absolute atomic E-state index is 5.47. The first-order chi connectivity index (χ1) is 10.1. The molecule has 2 aromatic rings. The minimum atomic E-state index is 0.0565. The van der Waals surface area contributed by atoms with Crippen LogP contribution in [0.5, 0.6) is 5.75 Å². The van der Waals surface area contributed by atoms with E-state index in [0.717, 1.165) is 36.8 Å². The standard InChI is InChI=1S/C18H26N2O/c1-4-12-18(3,13-5-2)20-17-15-9-7-6-8-14(15)10-11-16(17)21-19/h6-11,20H,4-5,12-13,19H2,1-3H3. The lowest BCUT2D eigenvalue weighted by Crippen LogP contribution is -2.34. The Morgan fingerprint density at radius 2 is 1.71 bits per heavy atom. The summed E-state index contributed by atoms with van der Waals surface area (Å²) >= 11 is 0. The molecule has 0 atom stereocenters. The molecule has 0 bridgehead atoms. The molecule has 0 aliphatic carbocycles. The van der Waals surface area contributed by atoms with Crippen LogP contribution in [0, 0.1) is 0 Å². The van der Waals surface area contributed by atoms with Crippen molar-refractivity contribution in [2.24, 2.45) is 5.90 Å². The van der Waals surface area contributed by atoms with Crippen LogP contribution in [0.1, 0.15) is 46.5 Å². The molecular weight excluding hydrogens is 260 g/mol. The highest BCUT2D eigenvalue weighted by atomic mass is 16.6. The molecule has 0 saturated carbocycles. The summed E-state index contributed by atoms with van der Waals surface area (Å²) in [6.45, 7) is 6.72. The van der Waals surface area contributed by atoms with Gasteiger partial charge in [-0.15, -0.1) is 0 Å². The molecule has 0 aromatic heterocycles. The van der Waals surface area contributed by atoms with Gasteiger partial charge in [0.05, 0.1) is 5.69 Å². The largest absolute Gasteiger partial charge is 0.409 e. The lowest BCUT2D eigenvalue weighted by molar-refractivity contribution is 0.334. The highest BCUT2D eigenvalue weighted by Crippen LogP contribution is 2.36. The lowest BCUT2D eigenvalue weighted by Gasteiger charge is -2.32. The molecule has 3 heteroatoms. The van der Waals surface area contributed by atoms with Crippen molar-refractivity contribution in [2.45, 2.75) is 52.0 Å². The van der Waals surface area contributed by atoms with Crippen molar-refractivity contribution in [3.05, 3.63) is 36.4 Å². The van der Waals surface area contributed by atoms with Gasteiger partial charge in [0.2, 0.25) is 0 Å². The Kier molecular flexibility index (Phi) is 5.07. The van der Waals surface area contributed by atoms with Crippen molar-refractivity contribution >= 4 is 16.5 Å². The minimum Gasteiger partial charge on any atom is -0.409 e. The average Bonchev–Trinajstić information content (AvgIpc) is 2.48. The summed E-state index contributed by atoms with van der Waals surface area (Å²) < 4.78 is 0. The molecule has 0 heterocycles. The summed E-state index contributed by atoms with van der Waals surface area (Å²) in [5.41, 5.74) is 1.06. The van der Waals surface area contributed by atoms with Crippen LogP contribution >= 0.6 is 0 Å². The molecule has 3 N–H and O–H groups in total. The van der Waals surface area contributed by atoms with Gasteiger partial charge in [-0.2, -0.15) is 5.90 Å². The summed E-state index contributed by atoms with van der Waals surface area (Å²) in [6.07, 6.45) is 4.53. The molecule has 0 aliphatic heterocycles. The van der Waals surface area contributed by atoms with Gasteiger partial charge >= 0.3 is 0 Å². The minimum absolute atomic E-state index is 0.0565. The maximum atomic E-state index is 5.47. The van der Waals surface area contributed by atoms with E-state index in [1.807, 2.05) is 24.3 Å². The van der Waals surface area contributed by atoms with Crippen LogP contribution in [0.25, 0.3) is 10.8 Å². The van der Waals surface area contributed by atoms with Gasteiger partial charge in [0, 0.05) is 10.9 Å². The second kappa shape index (κ2) is 6.81. The van der Waals surface area contributed by atoms with Crippen molar-refractivity contribution in [1.82, 2.24) is 0 Å². The van der Waals surface area contributed by atoms with E-state index in [1.54, 1.807) is 0 Å². The zero-order valence-corrected chi connectivity index (χ0v) is 13.3. The fourth-order valence-corrected chi connectivity index (χ4v) is 3.13. The van der Waals surface area contributed by atoms with E-state index in [2.05, 4.69) is 38.2 Å². The Morgan fingerprint density at radius 3 is 2.33 bits per heavy atom. The number of rotatable bonds is 7. The van der Waals surface area contributed by atoms with Crippen molar-refractivity contribution < 1.29 is 4.84 Å².